The Balaban J connectivity index is 1.88. The quantitative estimate of drug-likeness (QED) is 0.615. The zero-order chi connectivity index (χ0) is 20.5. The summed E-state index contributed by atoms with van der Waals surface area (Å²) in [6.45, 7) is 5.66. The van der Waals surface area contributed by atoms with E-state index in [4.69, 9.17) is 4.74 Å². The molecule has 9 heteroatoms. The van der Waals surface area contributed by atoms with Crippen molar-refractivity contribution in [3.05, 3.63) is 52.7 Å². The molecule has 0 fully saturated rings. The summed E-state index contributed by atoms with van der Waals surface area (Å²) in [5.41, 5.74) is 2.97. The number of thiazole rings is 1. The number of aryl methyl sites for hydroxylation is 1. The van der Waals surface area contributed by atoms with Crippen LogP contribution in [-0.4, -0.2) is 30.5 Å². The molecule has 1 N–H and O–H groups in total. The van der Waals surface area contributed by atoms with Crippen LogP contribution < -0.4 is 4.72 Å². The highest BCUT2D eigenvalue weighted by Crippen LogP contribution is 2.30. The molecule has 0 amide bonds. The monoisotopic (exact) mass is 419 g/mol. The molecule has 0 unspecified atom stereocenters. The van der Waals surface area contributed by atoms with Crippen LogP contribution in [0.2, 0.25) is 0 Å². The number of anilines is 1. The van der Waals surface area contributed by atoms with Crippen molar-refractivity contribution in [2.75, 3.05) is 11.3 Å². The van der Waals surface area contributed by atoms with E-state index in [1.54, 1.807) is 19.9 Å². The van der Waals surface area contributed by atoms with E-state index in [1.165, 1.54) is 35.6 Å². The van der Waals surface area contributed by atoms with Gasteiger partial charge in [-0.05, 0) is 51.1 Å². The second-order valence-electron chi connectivity index (χ2n) is 6.24. The Morgan fingerprint density at radius 1 is 1.25 bits per heavy atom. The molecule has 0 saturated carbocycles. The van der Waals surface area contributed by atoms with E-state index in [-0.39, 0.29) is 11.5 Å². The van der Waals surface area contributed by atoms with Crippen LogP contribution in [0.4, 0.5) is 5.69 Å². The van der Waals surface area contributed by atoms with Gasteiger partial charge in [-0.25, -0.2) is 18.2 Å². The molecular weight excluding hydrogens is 398 g/mol. The summed E-state index contributed by atoms with van der Waals surface area (Å²) >= 11 is 1.47. The van der Waals surface area contributed by atoms with E-state index < -0.39 is 16.0 Å². The highest BCUT2D eigenvalue weighted by molar-refractivity contribution is 7.92. The van der Waals surface area contributed by atoms with E-state index in [1.807, 2.05) is 23.9 Å². The number of hydrogen-bond donors (Lipinski definition) is 1. The van der Waals surface area contributed by atoms with Gasteiger partial charge < -0.3 is 9.30 Å². The number of nitrogens with zero attached hydrogens (tertiary/aromatic N) is 2. The first-order valence-electron chi connectivity index (χ1n) is 8.61. The van der Waals surface area contributed by atoms with Gasteiger partial charge in [0, 0.05) is 29.5 Å². The largest absolute Gasteiger partial charge is 0.462 e. The lowest BCUT2D eigenvalue weighted by Crippen LogP contribution is -2.14. The van der Waals surface area contributed by atoms with Crippen LogP contribution in [0.1, 0.15) is 28.7 Å². The predicted molar refractivity (Wildman–Crippen MR) is 109 cm³/mol. The van der Waals surface area contributed by atoms with E-state index in [2.05, 4.69) is 9.71 Å². The Hall–Kier alpha value is -2.65. The molecule has 3 aromatic rings. The first-order valence-corrected chi connectivity index (χ1v) is 11.0. The predicted octanol–water partition coefficient (Wildman–Crippen LogP) is 3.74. The second kappa shape index (κ2) is 7.76. The summed E-state index contributed by atoms with van der Waals surface area (Å²) in [5, 5.41) is 2.69. The first-order chi connectivity index (χ1) is 13.2. The van der Waals surface area contributed by atoms with Crippen molar-refractivity contribution in [3.63, 3.8) is 0 Å². The lowest BCUT2D eigenvalue weighted by molar-refractivity contribution is 0.0526. The average Bonchev–Trinajstić information content (AvgIpc) is 3.20. The van der Waals surface area contributed by atoms with Gasteiger partial charge in [0.05, 0.1) is 17.9 Å². The number of benzene rings is 1. The topological polar surface area (TPSA) is 90.3 Å². The second-order valence-corrected chi connectivity index (χ2v) is 8.74. The molecule has 0 radical (unpaired) electrons. The Morgan fingerprint density at radius 3 is 2.50 bits per heavy atom. The van der Waals surface area contributed by atoms with Crippen LogP contribution in [0.5, 0.6) is 0 Å². The molecule has 1 aromatic carbocycles. The van der Waals surface area contributed by atoms with Crippen molar-refractivity contribution in [1.29, 1.82) is 0 Å². The van der Waals surface area contributed by atoms with Crippen LogP contribution in [-0.2, 0) is 21.8 Å². The minimum absolute atomic E-state index is 0.187. The molecule has 7 nitrogen and oxygen atoms in total. The number of rotatable bonds is 6. The van der Waals surface area contributed by atoms with E-state index >= 15 is 0 Å². The third-order valence-electron chi connectivity index (χ3n) is 4.26. The number of nitrogens with one attached hydrogen (secondary N) is 1. The Morgan fingerprint density at radius 2 is 1.93 bits per heavy atom. The average molecular weight is 420 g/mol. The van der Waals surface area contributed by atoms with Gasteiger partial charge in [0.15, 0.2) is 0 Å². The summed E-state index contributed by atoms with van der Waals surface area (Å²) in [6.07, 6.45) is 0. The third kappa shape index (κ3) is 3.95. The van der Waals surface area contributed by atoms with Gasteiger partial charge in [0.1, 0.15) is 9.90 Å². The number of esters is 1. The zero-order valence-corrected chi connectivity index (χ0v) is 17.6. The molecule has 2 aromatic heterocycles. The maximum Gasteiger partial charge on any atom is 0.338 e. The van der Waals surface area contributed by atoms with Crippen LogP contribution in [0, 0.1) is 13.8 Å². The van der Waals surface area contributed by atoms with Crippen LogP contribution in [0.15, 0.2) is 40.6 Å². The van der Waals surface area contributed by atoms with Crippen molar-refractivity contribution in [2.24, 2.45) is 7.05 Å². The fourth-order valence-electron chi connectivity index (χ4n) is 2.72. The van der Waals surface area contributed by atoms with Crippen LogP contribution >= 0.6 is 11.3 Å². The van der Waals surface area contributed by atoms with Crippen LogP contribution in [0.3, 0.4) is 0 Å². The van der Waals surface area contributed by atoms with Crippen LogP contribution in [0.25, 0.3) is 10.7 Å². The van der Waals surface area contributed by atoms with Gasteiger partial charge in [0.2, 0.25) is 0 Å². The number of carbonyl (C=O) groups is 1. The molecule has 0 saturated heterocycles. The van der Waals surface area contributed by atoms with E-state index in [0.29, 0.717) is 16.9 Å². The minimum Gasteiger partial charge on any atom is -0.462 e. The summed E-state index contributed by atoms with van der Waals surface area (Å²) in [4.78, 5) is 16.3. The van der Waals surface area contributed by atoms with Gasteiger partial charge >= 0.3 is 5.97 Å². The van der Waals surface area contributed by atoms with Crippen molar-refractivity contribution >= 4 is 33.0 Å². The van der Waals surface area contributed by atoms with Crippen molar-refractivity contribution < 1.29 is 17.9 Å². The smallest absolute Gasteiger partial charge is 0.338 e. The summed E-state index contributed by atoms with van der Waals surface area (Å²) < 4.78 is 35.1. The number of hydrogen-bond acceptors (Lipinski definition) is 6. The number of aromatic nitrogens is 2. The van der Waals surface area contributed by atoms with Gasteiger partial charge in [-0.3, -0.25) is 4.72 Å². The summed E-state index contributed by atoms with van der Waals surface area (Å²) in [7, 11) is -1.99. The molecule has 148 valence electrons. The molecule has 0 aliphatic heterocycles. The molecule has 0 atom stereocenters. The number of sulfonamides is 1. The van der Waals surface area contributed by atoms with Gasteiger partial charge in [-0.2, -0.15) is 0 Å². The lowest BCUT2D eigenvalue weighted by atomic mass is 10.2. The van der Waals surface area contributed by atoms with Crippen molar-refractivity contribution in [1.82, 2.24) is 9.55 Å². The Kier molecular flexibility index (Phi) is 5.57. The maximum absolute atomic E-state index is 12.9. The highest BCUT2D eigenvalue weighted by Gasteiger charge is 2.23. The molecule has 0 bridgehead atoms. The minimum atomic E-state index is -3.80. The van der Waals surface area contributed by atoms with Crippen molar-refractivity contribution in [3.8, 4) is 10.7 Å². The SMILES string of the molecule is CCOC(=O)c1ccc(NS(=O)(=O)c2cc(-c3nc(C)cs3)n(C)c2C)cc1. The van der Waals surface area contributed by atoms with Gasteiger partial charge in [-0.15, -0.1) is 11.3 Å². The molecule has 28 heavy (non-hydrogen) atoms. The molecular formula is C19H21N3O4S2. The standard InChI is InChI=1S/C19H21N3O4S2/c1-5-26-19(23)14-6-8-15(9-7-14)21-28(24,25)17-10-16(22(4)13(17)3)18-20-12(2)11-27-18/h6-11,21H,5H2,1-4H3. The number of carbonyl (C=O) groups excluding carboxylic acids is 1. The van der Waals surface area contributed by atoms with E-state index in [0.717, 1.165) is 16.4 Å². The maximum atomic E-state index is 12.9. The lowest BCUT2D eigenvalue weighted by Gasteiger charge is -2.09. The summed E-state index contributed by atoms with van der Waals surface area (Å²) in [5.74, 6) is -0.445. The summed E-state index contributed by atoms with van der Waals surface area (Å²) in [6, 6.07) is 7.75. The first kappa shape index (κ1) is 20.1. The molecule has 0 spiro atoms. The van der Waals surface area contributed by atoms with Crippen molar-refractivity contribution in [2.45, 2.75) is 25.7 Å². The molecule has 0 aliphatic carbocycles. The molecule has 0 aliphatic rings. The molecule has 2 heterocycles. The Bertz CT molecular complexity index is 1110. The van der Waals surface area contributed by atoms with E-state index in [9.17, 15) is 13.2 Å². The number of ether oxygens (including phenoxy) is 1. The normalized spacial score (nSPS) is 11.4. The fourth-order valence-corrected chi connectivity index (χ4v) is 4.92. The fraction of sp³-hybridized carbons (Fsp3) is 0.263. The zero-order valence-electron chi connectivity index (χ0n) is 16.0. The third-order valence-corrected chi connectivity index (χ3v) is 6.74. The van der Waals surface area contributed by atoms with Gasteiger partial charge in [-0.1, -0.05) is 0 Å². The molecule has 3 rings (SSSR count). The van der Waals surface area contributed by atoms with Gasteiger partial charge in [0.25, 0.3) is 10.0 Å². The highest BCUT2D eigenvalue weighted by atomic mass is 32.2. The Labute approximate surface area is 168 Å².